The first kappa shape index (κ1) is 18.2. The van der Waals surface area contributed by atoms with E-state index in [9.17, 15) is 14.9 Å². The van der Waals surface area contributed by atoms with Crippen molar-refractivity contribution in [3.05, 3.63) is 37.7 Å². The van der Waals surface area contributed by atoms with Crippen LogP contribution in [0.4, 0.5) is 5.82 Å². The van der Waals surface area contributed by atoms with Gasteiger partial charge in [0.05, 0.1) is 21.5 Å². The molecule has 0 unspecified atom stereocenters. The molecule has 2 rings (SSSR count). The number of nitrogens with zero attached hydrogens (tertiary/aromatic N) is 5. The van der Waals surface area contributed by atoms with Crippen LogP contribution >= 0.6 is 23.2 Å². The van der Waals surface area contributed by atoms with Crippen molar-refractivity contribution in [2.75, 3.05) is 6.54 Å². The van der Waals surface area contributed by atoms with E-state index in [0.717, 1.165) is 5.69 Å². The highest BCUT2D eigenvalue weighted by molar-refractivity contribution is 6.33. The molecule has 130 valence electrons. The minimum absolute atomic E-state index is 0.0567. The Morgan fingerprint density at radius 3 is 2.62 bits per heavy atom. The van der Waals surface area contributed by atoms with Crippen LogP contribution in [0.2, 0.25) is 10.0 Å². The molecule has 0 saturated heterocycles. The van der Waals surface area contributed by atoms with Gasteiger partial charge in [-0.25, -0.2) is 0 Å². The summed E-state index contributed by atoms with van der Waals surface area (Å²) in [7, 11) is 0. The Morgan fingerprint density at radius 1 is 1.38 bits per heavy atom. The molecule has 9 nitrogen and oxygen atoms in total. The van der Waals surface area contributed by atoms with Gasteiger partial charge in [-0.3, -0.25) is 9.48 Å². The summed E-state index contributed by atoms with van der Waals surface area (Å²) in [5.41, 5.74) is 1.13. The first-order valence-corrected chi connectivity index (χ1v) is 7.88. The highest BCUT2D eigenvalue weighted by Gasteiger charge is 2.24. The molecule has 0 atom stereocenters. The van der Waals surface area contributed by atoms with Gasteiger partial charge in [-0.2, -0.15) is 9.78 Å². The van der Waals surface area contributed by atoms with Gasteiger partial charge in [-0.15, -0.1) is 0 Å². The SMILES string of the molecule is Cc1nn(CCCNC(=O)Cn2nc([N+](=O)[O-])c(Cl)c2C)cc1Cl. The number of nitrogens with one attached hydrogen (secondary N) is 1. The van der Waals surface area contributed by atoms with Crippen molar-refractivity contribution in [2.24, 2.45) is 0 Å². The summed E-state index contributed by atoms with van der Waals surface area (Å²) in [4.78, 5) is 22.0. The summed E-state index contributed by atoms with van der Waals surface area (Å²) >= 11 is 11.7. The smallest absolute Gasteiger partial charge is 0.358 e. The number of carbonyl (C=O) groups excluding carboxylic acids is 1. The fourth-order valence-electron chi connectivity index (χ4n) is 2.05. The topological polar surface area (TPSA) is 108 Å². The molecule has 1 N–H and O–H groups in total. The largest absolute Gasteiger partial charge is 0.408 e. The second-order valence-electron chi connectivity index (χ2n) is 5.17. The fourth-order valence-corrected chi connectivity index (χ4v) is 2.40. The number of hydrogen-bond acceptors (Lipinski definition) is 5. The summed E-state index contributed by atoms with van der Waals surface area (Å²) in [6.45, 7) is 4.31. The fraction of sp³-hybridized carbons (Fsp3) is 0.462. The van der Waals surface area contributed by atoms with Crippen molar-refractivity contribution in [3.63, 3.8) is 0 Å². The van der Waals surface area contributed by atoms with Gasteiger partial charge in [-0.05, 0) is 25.2 Å². The van der Waals surface area contributed by atoms with Gasteiger partial charge in [-0.1, -0.05) is 23.2 Å². The predicted molar refractivity (Wildman–Crippen MR) is 88.2 cm³/mol. The minimum Gasteiger partial charge on any atom is -0.358 e. The Bertz CT molecular complexity index is 751. The van der Waals surface area contributed by atoms with Gasteiger partial charge in [0.15, 0.2) is 5.02 Å². The van der Waals surface area contributed by atoms with Gasteiger partial charge < -0.3 is 15.4 Å². The third kappa shape index (κ3) is 4.24. The van der Waals surface area contributed by atoms with Gasteiger partial charge >= 0.3 is 5.82 Å². The number of halogens is 2. The molecule has 11 heteroatoms. The summed E-state index contributed by atoms with van der Waals surface area (Å²) in [5.74, 6) is -0.755. The molecule has 2 heterocycles. The molecule has 0 radical (unpaired) electrons. The lowest BCUT2D eigenvalue weighted by atomic mass is 10.4. The lowest BCUT2D eigenvalue weighted by Gasteiger charge is -2.05. The zero-order valence-electron chi connectivity index (χ0n) is 13.1. The number of nitro groups is 1. The monoisotopic (exact) mass is 374 g/mol. The summed E-state index contributed by atoms with van der Waals surface area (Å²) in [6.07, 6.45) is 2.40. The first-order valence-electron chi connectivity index (χ1n) is 7.13. The molecule has 0 bridgehead atoms. The highest BCUT2D eigenvalue weighted by Crippen LogP contribution is 2.26. The van der Waals surface area contributed by atoms with Crippen LogP contribution in [0.15, 0.2) is 6.20 Å². The van der Waals surface area contributed by atoms with Crippen molar-refractivity contribution in [2.45, 2.75) is 33.4 Å². The van der Waals surface area contributed by atoms with E-state index in [-0.39, 0.29) is 17.5 Å². The second kappa shape index (κ2) is 7.63. The predicted octanol–water partition coefficient (Wildman–Crippen LogP) is 2.12. The van der Waals surface area contributed by atoms with Crippen LogP contribution in [0.1, 0.15) is 17.8 Å². The molecule has 0 aromatic carbocycles. The van der Waals surface area contributed by atoms with E-state index < -0.39 is 10.7 Å². The standard InChI is InChI=1S/C13H16Cl2N6O3/c1-8-10(14)6-19(17-8)5-3-4-16-11(22)7-20-9(2)12(15)13(18-20)21(23)24/h6H,3-5,7H2,1-2H3,(H,16,22). The Hall–Kier alpha value is -2.13. The van der Waals surface area contributed by atoms with E-state index in [1.165, 1.54) is 4.68 Å². The second-order valence-corrected chi connectivity index (χ2v) is 5.95. The molecule has 0 saturated carbocycles. The maximum absolute atomic E-state index is 11.9. The highest BCUT2D eigenvalue weighted by atomic mass is 35.5. The number of aryl methyl sites for hydroxylation is 2. The third-order valence-electron chi connectivity index (χ3n) is 3.36. The lowest BCUT2D eigenvalue weighted by Crippen LogP contribution is -2.29. The van der Waals surface area contributed by atoms with Crippen LogP contribution in [0, 0.1) is 24.0 Å². The molecular weight excluding hydrogens is 359 g/mol. The molecule has 2 aromatic rings. The molecular formula is C13H16Cl2N6O3. The number of carbonyl (C=O) groups is 1. The summed E-state index contributed by atoms with van der Waals surface area (Å²) in [5, 5.41) is 22.0. The Kier molecular flexibility index (Phi) is 5.79. The van der Waals surface area contributed by atoms with Crippen LogP contribution < -0.4 is 5.32 Å². The average molecular weight is 375 g/mol. The van der Waals surface area contributed by atoms with Gasteiger partial charge in [0.2, 0.25) is 5.91 Å². The molecule has 24 heavy (non-hydrogen) atoms. The molecule has 0 spiro atoms. The Labute approximate surface area is 147 Å². The van der Waals surface area contributed by atoms with Crippen LogP contribution in [0.25, 0.3) is 0 Å². The molecule has 0 aliphatic rings. The zero-order chi connectivity index (χ0) is 17.9. The summed E-state index contributed by atoms with van der Waals surface area (Å²) < 4.78 is 2.93. The van der Waals surface area contributed by atoms with E-state index in [1.54, 1.807) is 17.8 Å². The van der Waals surface area contributed by atoms with E-state index in [0.29, 0.717) is 30.2 Å². The number of hydrogen-bond donors (Lipinski definition) is 1. The minimum atomic E-state index is -0.680. The maximum Gasteiger partial charge on any atom is 0.408 e. The van der Waals surface area contributed by atoms with Crippen LogP contribution in [0.3, 0.4) is 0 Å². The Balaban J connectivity index is 1.81. The molecule has 0 fully saturated rings. The van der Waals surface area contributed by atoms with Crippen LogP contribution in [-0.4, -0.2) is 36.9 Å². The molecule has 1 amide bonds. The van der Waals surface area contributed by atoms with Crippen molar-refractivity contribution < 1.29 is 9.72 Å². The van der Waals surface area contributed by atoms with E-state index >= 15 is 0 Å². The number of amides is 1. The van der Waals surface area contributed by atoms with Crippen LogP contribution in [0.5, 0.6) is 0 Å². The molecule has 0 aliphatic heterocycles. The normalized spacial score (nSPS) is 10.8. The van der Waals surface area contributed by atoms with Gasteiger partial charge in [0, 0.05) is 19.3 Å². The zero-order valence-corrected chi connectivity index (χ0v) is 14.6. The van der Waals surface area contributed by atoms with E-state index in [2.05, 4.69) is 15.5 Å². The van der Waals surface area contributed by atoms with Crippen molar-refractivity contribution in [3.8, 4) is 0 Å². The van der Waals surface area contributed by atoms with Crippen molar-refractivity contribution >= 4 is 34.9 Å². The van der Waals surface area contributed by atoms with E-state index in [1.807, 2.05) is 6.92 Å². The molecule has 0 aliphatic carbocycles. The van der Waals surface area contributed by atoms with Crippen LogP contribution in [-0.2, 0) is 17.9 Å². The van der Waals surface area contributed by atoms with Gasteiger partial charge in [0.1, 0.15) is 6.54 Å². The van der Waals surface area contributed by atoms with Crippen molar-refractivity contribution in [1.82, 2.24) is 24.9 Å². The number of rotatable bonds is 7. The molecule has 2 aromatic heterocycles. The average Bonchev–Trinajstić information content (AvgIpc) is 2.98. The van der Waals surface area contributed by atoms with Crippen molar-refractivity contribution in [1.29, 1.82) is 0 Å². The third-order valence-corrected chi connectivity index (χ3v) is 4.17. The number of aromatic nitrogens is 4. The maximum atomic E-state index is 11.9. The quantitative estimate of drug-likeness (QED) is 0.453. The lowest BCUT2D eigenvalue weighted by molar-refractivity contribution is -0.389. The Morgan fingerprint density at radius 2 is 2.08 bits per heavy atom. The summed E-state index contributed by atoms with van der Waals surface area (Å²) in [6, 6.07) is 0. The first-order chi connectivity index (χ1) is 11.3. The van der Waals surface area contributed by atoms with E-state index in [4.69, 9.17) is 23.2 Å². The van der Waals surface area contributed by atoms with Gasteiger partial charge in [0.25, 0.3) is 0 Å².